The molecule has 4 aromatic carbocycles. The van der Waals surface area contributed by atoms with Crippen LogP contribution in [0.2, 0.25) is 0 Å². The van der Waals surface area contributed by atoms with Gasteiger partial charge in [-0.15, -0.1) is 0 Å². The van der Waals surface area contributed by atoms with Crippen LogP contribution in [0.4, 0.5) is 0 Å². The molecule has 4 heterocycles. The molecule has 0 bridgehead atoms. The Kier molecular flexibility index (Phi) is 10.7. The molecule has 4 N–H and O–H groups in total. The average molecular weight is 781 g/mol. The summed E-state index contributed by atoms with van der Waals surface area (Å²) in [6.07, 6.45) is 4.51. The van der Waals surface area contributed by atoms with E-state index in [1.807, 2.05) is 25.7 Å². The van der Waals surface area contributed by atoms with Crippen LogP contribution in [0.15, 0.2) is 72.9 Å². The molecule has 302 valence electrons. The first-order valence-corrected chi connectivity index (χ1v) is 21.1. The summed E-state index contributed by atoms with van der Waals surface area (Å²) < 4.78 is 0. The highest BCUT2D eigenvalue weighted by atomic mass is 16.2. The van der Waals surface area contributed by atoms with Crippen molar-refractivity contribution in [2.75, 3.05) is 13.1 Å². The Bertz CT molecular complexity index is 2370. The van der Waals surface area contributed by atoms with Crippen molar-refractivity contribution in [1.82, 2.24) is 40.4 Å². The van der Waals surface area contributed by atoms with Crippen LogP contribution in [0, 0.1) is 11.8 Å². The van der Waals surface area contributed by atoms with Gasteiger partial charge in [-0.05, 0) is 83.7 Å². The van der Waals surface area contributed by atoms with Crippen molar-refractivity contribution >= 4 is 61.3 Å². The third kappa shape index (κ3) is 7.20. The fourth-order valence-corrected chi connectivity index (χ4v) is 9.08. The lowest BCUT2D eigenvalue weighted by Gasteiger charge is -2.34. The first kappa shape index (κ1) is 39.1. The standard InChI is InChI=1S/C47H56N8O3/c1-8-39(56)50-41(26(3)4)28(7)54-22-10-12-37(54)45-48-35-20-16-31-24-29(14-18-33(31)43(35)52-45)30-15-19-34-32(25-30)17-21-36-44(34)53-46(49-36)38-13-11-23-55(38)47(58)42(27(5)6)51-40(57)9-2/h14-21,24-27,37-38,41-42H,7-13,22-23H2,1-6H3,(H,48,52)(H,49,53)(H,50,56)(H,51,57)/t37-,38-,41?,42?/m0/s1. The van der Waals surface area contributed by atoms with Crippen molar-refractivity contribution in [3.63, 3.8) is 0 Å². The minimum absolute atomic E-state index is 0.0225. The van der Waals surface area contributed by atoms with Crippen molar-refractivity contribution in [3.8, 4) is 11.1 Å². The fourth-order valence-electron chi connectivity index (χ4n) is 9.08. The van der Waals surface area contributed by atoms with Crippen LogP contribution in [0.25, 0.3) is 54.7 Å². The second-order valence-electron chi connectivity index (χ2n) is 16.9. The molecular weight excluding hydrogens is 725 g/mol. The third-order valence-electron chi connectivity index (χ3n) is 12.3. The minimum atomic E-state index is -0.561. The number of nitrogens with zero attached hydrogens (tertiary/aromatic N) is 4. The largest absolute Gasteiger partial charge is 0.363 e. The van der Waals surface area contributed by atoms with Gasteiger partial charge in [-0.25, -0.2) is 9.97 Å². The average Bonchev–Trinajstić information content (AvgIpc) is 4.06. The van der Waals surface area contributed by atoms with Gasteiger partial charge in [0.2, 0.25) is 17.7 Å². The summed E-state index contributed by atoms with van der Waals surface area (Å²) in [5.74, 6) is 1.80. The van der Waals surface area contributed by atoms with Gasteiger partial charge in [0.15, 0.2) is 0 Å². The van der Waals surface area contributed by atoms with E-state index in [0.717, 1.165) is 104 Å². The monoisotopic (exact) mass is 780 g/mol. The quantitative estimate of drug-likeness (QED) is 0.0979. The van der Waals surface area contributed by atoms with Gasteiger partial charge in [0.05, 0.1) is 40.2 Å². The van der Waals surface area contributed by atoms with Crippen LogP contribution < -0.4 is 10.6 Å². The predicted molar refractivity (Wildman–Crippen MR) is 232 cm³/mol. The number of carbonyl (C=O) groups excluding carboxylic acids is 3. The van der Waals surface area contributed by atoms with Gasteiger partial charge in [-0.1, -0.05) is 84.5 Å². The zero-order chi connectivity index (χ0) is 40.8. The van der Waals surface area contributed by atoms with Crippen LogP contribution in [0.1, 0.15) is 104 Å². The molecule has 8 rings (SSSR count). The molecular formula is C47H56N8O3. The third-order valence-corrected chi connectivity index (χ3v) is 12.3. The maximum Gasteiger partial charge on any atom is 0.246 e. The smallest absolute Gasteiger partial charge is 0.246 e. The second kappa shape index (κ2) is 15.9. The van der Waals surface area contributed by atoms with E-state index < -0.39 is 6.04 Å². The molecule has 2 aromatic heterocycles. The second-order valence-corrected chi connectivity index (χ2v) is 16.9. The van der Waals surface area contributed by atoms with Crippen LogP contribution in [-0.4, -0.2) is 72.6 Å². The summed E-state index contributed by atoms with van der Waals surface area (Å²) in [6, 6.07) is 20.8. The molecule has 2 aliphatic rings. The summed E-state index contributed by atoms with van der Waals surface area (Å²) in [4.78, 5) is 60.2. The van der Waals surface area contributed by atoms with E-state index in [-0.39, 0.29) is 47.7 Å². The van der Waals surface area contributed by atoms with Crippen molar-refractivity contribution in [2.45, 2.75) is 104 Å². The maximum absolute atomic E-state index is 13.8. The summed E-state index contributed by atoms with van der Waals surface area (Å²) in [6.45, 7) is 17.9. The molecule has 0 spiro atoms. The molecule has 2 aliphatic heterocycles. The molecule has 6 aromatic rings. The van der Waals surface area contributed by atoms with E-state index in [2.05, 4.69) is 107 Å². The molecule has 4 atom stereocenters. The van der Waals surface area contributed by atoms with Crippen LogP contribution in [0.3, 0.4) is 0 Å². The molecule has 2 saturated heterocycles. The Balaban J connectivity index is 1.05. The SMILES string of the molecule is C=C(C(NC(=O)CC)C(C)C)N1CCC[C@H]1c1nc2c(ccc3cc(-c4ccc5c(ccc6[nH]c([C@@H]7CCCN7C(=O)C(NC(=O)CC)C(C)C)nc65)c4)ccc32)[nH]1. The van der Waals surface area contributed by atoms with Crippen molar-refractivity contribution in [2.24, 2.45) is 11.8 Å². The van der Waals surface area contributed by atoms with E-state index in [4.69, 9.17) is 9.97 Å². The van der Waals surface area contributed by atoms with Crippen LogP contribution in [-0.2, 0) is 14.4 Å². The van der Waals surface area contributed by atoms with Crippen molar-refractivity contribution in [3.05, 3.63) is 84.6 Å². The molecule has 0 radical (unpaired) electrons. The molecule has 11 heteroatoms. The molecule has 2 unspecified atom stereocenters. The lowest BCUT2D eigenvalue weighted by molar-refractivity contribution is -0.138. The lowest BCUT2D eigenvalue weighted by Crippen LogP contribution is -2.51. The number of fused-ring (bicyclic) bond motifs is 6. The van der Waals surface area contributed by atoms with E-state index in [0.29, 0.717) is 19.4 Å². The van der Waals surface area contributed by atoms with E-state index >= 15 is 0 Å². The molecule has 2 fully saturated rings. The Morgan fingerprint density at radius 3 is 1.64 bits per heavy atom. The minimum Gasteiger partial charge on any atom is -0.363 e. The highest BCUT2D eigenvalue weighted by molar-refractivity contribution is 6.07. The number of amides is 3. The Morgan fingerprint density at radius 2 is 1.16 bits per heavy atom. The van der Waals surface area contributed by atoms with Gasteiger partial charge >= 0.3 is 0 Å². The molecule has 3 amide bonds. The zero-order valence-electron chi connectivity index (χ0n) is 34.6. The van der Waals surface area contributed by atoms with Gasteiger partial charge < -0.3 is 30.4 Å². The van der Waals surface area contributed by atoms with Gasteiger partial charge in [0.1, 0.15) is 17.7 Å². The van der Waals surface area contributed by atoms with E-state index in [9.17, 15) is 14.4 Å². The summed E-state index contributed by atoms with van der Waals surface area (Å²) in [5.41, 5.74) is 6.98. The number of carbonyl (C=O) groups is 3. The zero-order valence-corrected chi connectivity index (χ0v) is 34.6. The Hall–Kier alpha value is -5.71. The van der Waals surface area contributed by atoms with E-state index in [1.54, 1.807) is 6.92 Å². The molecule has 0 saturated carbocycles. The normalized spacial score (nSPS) is 18.3. The molecule has 11 nitrogen and oxygen atoms in total. The van der Waals surface area contributed by atoms with Crippen molar-refractivity contribution in [1.29, 1.82) is 0 Å². The van der Waals surface area contributed by atoms with Gasteiger partial charge in [-0.3, -0.25) is 14.4 Å². The highest BCUT2D eigenvalue weighted by Gasteiger charge is 2.38. The number of hydrogen-bond acceptors (Lipinski definition) is 6. The van der Waals surface area contributed by atoms with Crippen molar-refractivity contribution < 1.29 is 14.4 Å². The molecule has 58 heavy (non-hydrogen) atoms. The number of H-pyrrole nitrogens is 2. The summed E-state index contributed by atoms with van der Waals surface area (Å²) in [5, 5.41) is 10.5. The highest BCUT2D eigenvalue weighted by Crippen LogP contribution is 2.39. The lowest BCUT2D eigenvalue weighted by atomic mass is 9.98. The molecule has 0 aliphatic carbocycles. The van der Waals surface area contributed by atoms with Crippen LogP contribution >= 0.6 is 0 Å². The van der Waals surface area contributed by atoms with Crippen LogP contribution in [0.5, 0.6) is 0 Å². The number of aromatic amines is 2. The number of imidazole rings is 2. The van der Waals surface area contributed by atoms with Gasteiger partial charge in [0, 0.05) is 42.4 Å². The Morgan fingerprint density at radius 1 is 0.690 bits per heavy atom. The first-order chi connectivity index (χ1) is 27.9. The van der Waals surface area contributed by atoms with Gasteiger partial charge in [-0.2, -0.15) is 0 Å². The predicted octanol–water partition coefficient (Wildman–Crippen LogP) is 8.83. The number of nitrogens with one attached hydrogen (secondary N) is 4. The maximum atomic E-state index is 13.8. The Labute approximate surface area is 340 Å². The fraction of sp³-hybridized carbons (Fsp3) is 0.426. The first-order valence-electron chi connectivity index (χ1n) is 21.1. The van der Waals surface area contributed by atoms with E-state index in [1.165, 1.54) is 0 Å². The number of rotatable bonds is 12. The number of hydrogen-bond donors (Lipinski definition) is 4. The van der Waals surface area contributed by atoms with Gasteiger partial charge in [0.25, 0.3) is 0 Å². The number of benzene rings is 4. The summed E-state index contributed by atoms with van der Waals surface area (Å²) in [7, 11) is 0. The number of aromatic nitrogens is 4. The topological polar surface area (TPSA) is 139 Å². The number of likely N-dealkylation sites (tertiary alicyclic amines) is 2. The summed E-state index contributed by atoms with van der Waals surface area (Å²) >= 11 is 0.